The van der Waals surface area contributed by atoms with E-state index >= 15 is 0 Å². The smallest absolute Gasteiger partial charge is 0.254 e. The minimum absolute atomic E-state index is 0.0873. The van der Waals surface area contributed by atoms with E-state index in [1.54, 1.807) is 17.2 Å². The van der Waals surface area contributed by atoms with Gasteiger partial charge in [-0.3, -0.25) is 19.5 Å². The van der Waals surface area contributed by atoms with Crippen molar-refractivity contribution in [3.8, 4) is 0 Å². The lowest BCUT2D eigenvalue weighted by atomic mass is 10.2. The topological polar surface area (TPSA) is 74.9 Å². The van der Waals surface area contributed by atoms with E-state index in [0.717, 1.165) is 11.3 Å². The number of rotatable bonds is 5. The van der Waals surface area contributed by atoms with E-state index in [4.69, 9.17) is 4.42 Å². The normalized spacial score (nSPS) is 15.2. The minimum atomic E-state index is -0.205. The third-order valence-corrected chi connectivity index (χ3v) is 4.74. The molecule has 1 aromatic heterocycles. The Hall–Kier alpha value is -2.54. The Bertz CT molecular complexity index is 784. The predicted octanol–water partition coefficient (Wildman–Crippen LogP) is 2.90. The molecule has 1 aliphatic rings. The molecule has 0 fully saturated rings. The van der Waals surface area contributed by atoms with Crippen molar-refractivity contribution < 1.29 is 14.0 Å². The third-order valence-electron chi connectivity index (χ3n) is 3.76. The number of nitrogens with one attached hydrogen (secondary N) is 1. The second-order valence-electron chi connectivity index (χ2n) is 5.76. The summed E-state index contributed by atoms with van der Waals surface area (Å²) in [4.78, 5) is 30.1. The van der Waals surface area contributed by atoms with Gasteiger partial charge in [-0.2, -0.15) is 0 Å². The maximum absolute atomic E-state index is 12.1. The van der Waals surface area contributed by atoms with Crippen molar-refractivity contribution in [1.29, 1.82) is 0 Å². The number of amides is 2. The van der Waals surface area contributed by atoms with Crippen LogP contribution in [0.1, 0.15) is 24.3 Å². The van der Waals surface area contributed by atoms with Crippen molar-refractivity contribution in [2.45, 2.75) is 19.9 Å². The van der Waals surface area contributed by atoms with Crippen molar-refractivity contribution in [2.75, 3.05) is 17.2 Å². The number of aryl methyl sites for hydroxylation is 1. The van der Waals surface area contributed by atoms with Gasteiger partial charge in [-0.1, -0.05) is 29.5 Å². The van der Waals surface area contributed by atoms with Crippen LogP contribution in [0.25, 0.3) is 0 Å². The molecule has 0 radical (unpaired) electrons. The number of benzene rings is 1. The molecule has 2 aromatic rings. The summed E-state index contributed by atoms with van der Waals surface area (Å²) in [6.07, 6.45) is 1.57. The van der Waals surface area contributed by atoms with Gasteiger partial charge in [-0.05, 0) is 38.1 Å². The van der Waals surface area contributed by atoms with E-state index in [0.29, 0.717) is 10.9 Å². The molecule has 1 atom stereocenters. The van der Waals surface area contributed by atoms with Crippen molar-refractivity contribution >= 4 is 34.4 Å². The molecule has 2 heterocycles. The van der Waals surface area contributed by atoms with Crippen LogP contribution in [-0.2, 0) is 9.59 Å². The predicted molar refractivity (Wildman–Crippen MR) is 98.7 cm³/mol. The zero-order valence-corrected chi connectivity index (χ0v) is 14.9. The number of hydrogen-bond acceptors (Lipinski definition) is 5. The summed E-state index contributed by atoms with van der Waals surface area (Å²) in [6, 6.07) is 11.1. The molecule has 1 aliphatic heterocycles. The largest absolute Gasteiger partial charge is 0.467 e. The first kappa shape index (κ1) is 17.3. The van der Waals surface area contributed by atoms with Gasteiger partial charge < -0.3 is 9.73 Å². The molecular weight excluding hydrogens is 338 g/mol. The maximum atomic E-state index is 12.1. The first-order valence-corrected chi connectivity index (χ1v) is 8.93. The Kier molecular flexibility index (Phi) is 5.23. The SMILES string of the molecule is Cc1ccc(N2C(=O)CN=C2SCC(=O)N[C@H](C)c2ccco2)cc1. The van der Waals surface area contributed by atoms with Crippen LogP contribution in [0.4, 0.5) is 5.69 Å². The van der Waals surface area contributed by atoms with Crippen molar-refractivity contribution in [3.63, 3.8) is 0 Å². The number of carbonyl (C=O) groups excluding carboxylic acids is 2. The van der Waals surface area contributed by atoms with E-state index in [-0.39, 0.29) is 30.2 Å². The summed E-state index contributed by atoms with van der Waals surface area (Å²) in [6.45, 7) is 3.96. The molecule has 25 heavy (non-hydrogen) atoms. The minimum Gasteiger partial charge on any atom is -0.467 e. The summed E-state index contributed by atoms with van der Waals surface area (Å²) in [7, 11) is 0. The summed E-state index contributed by atoms with van der Waals surface area (Å²) < 4.78 is 5.27. The number of hydrogen-bond donors (Lipinski definition) is 1. The zero-order valence-electron chi connectivity index (χ0n) is 14.1. The lowest BCUT2D eigenvalue weighted by Crippen LogP contribution is -2.33. The van der Waals surface area contributed by atoms with E-state index < -0.39 is 0 Å². The Morgan fingerprint density at radius 2 is 2.12 bits per heavy atom. The molecule has 7 heteroatoms. The van der Waals surface area contributed by atoms with E-state index in [9.17, 15) is 9.59 Å². The van der Waals surface area contributed by atoms with Crippen LogP contribution in [0.3, 0.4) is 0 Å². The van der Waals surface area contributed by atoms with Gasteiger partial charge in [0.15, 0.2) is 5.17 Å². The quantitative estimate of drug-likeness (QED) is 0.893. The summed E-state index contributed by atoms with van der Waals surface area (Å²) in [5, 5.41) is 3.42. The van der Waals surface area contributed by atoms with Crippen molar-refractivity contribution in [1.82, 2.24) is 5.32 Å². The fraction of sp³-hybridized carbons (Fsp3) is 0.278. The number of anilines is 1. The number of nitrogens with zero attached hydrogens (tertiary/aromatic N) is 2. The highest BCUT2D eigenvalue weighted by atomic mass is 32.2. The molecule has 0 spiro atoms. The molecule has 6 nitrogen and oxygen atoms in total. The summed E-state index contributed by atoms with van der Waals surface area (Å²) in [5.74, 6) is 0.656. The Balaban J connectivity index is 1.59. The van der Waals surface area contributed by atoms with E-state index in [1.165, 1.54) is 11.8 Å². The van der Waals surface area contributed by atoms with Crippen LogP contribution < -0.4 is 10.2 Å². The number of furan rings is 1. The van der Waals surface area contributed by atoms with Gasteiger partial charge in [0, 0.05) is 0 Å². The van der Waals surface area contributed by atoms with Gasteiger partial charge in [-0.15, -0.1) is 0 Å². The molecule has 1 N–H and O–H groups in total. The number of amidine groups is 1. The monoisotopic (exact) mass is 357 g/mol. The molecule has 2 amide bonds. The number of thioether (sulfide) groups is 1. The van der Waals surface area contributed by atoms with Crippen LogP contribution in [0.5, 0.6) is 0 Å². The van der Waals surface area contributed by atoms with Crippen LogP contribution >= 0.6 is 11.8 Å². The molecule has 130 valence electrons. The average Bonchev–Trinajstić information content (AvgIpc) is 3.24. The van der Waals surface area contributed by atoms with Gasteiger partial charge in [0.25, 0.3) is 5.91 Å². The molecule has 1 aromatic carbocycles. The highest BCUT2D eigenvalue weighted by Crippen LogP contribution is 2.24. The van der Waals surface area contributed by atoms with E-state index in [2.05, 4.69) is 10.3 Å². The van der Waals surface area contributed by atoms with Crippen LogP contribution in [0.15, 0.2) is 52.1 Å². The van der Waals surface area contributed by atoms with Gasteiger partial charge in [0.1, 0.15) is 12.3 Å². The van der Waals surface area contributed by atoms with Crippen LogP contribution in [0.2, 0.25) is 0 Å². The highest BCUT2D eigenvalue weighted by Gasteiger charge is 2.28. The molecule has 0 saturated heterocycles. The fourth-order valence-electron chi connectivity index (χ4n) is 2.46. The van der Waals surface area contributed by atoms with Crippen molar-refractivity contribution in [2.24, 2.45) is 4.99 Å². The van der Waals surface area contributed by atoms with Crippen LogP contribution in [0, 0.1) is 6.92 Å². The summed E-state index contributed by atoms with van der Waals surface area (Å²) in [5.41, 5.74) is 1.89. The van der Waals surface area contributed by atoms with Crippen molar-refractivity contribution in [3.05, 3.63) is 54.0 Å². The zero-order chi connectivity index (χ0) is 17.8. The lowest BCUT2D eigenvalue weighted by molar-refractivity contribution is -0.119. The second kappa shape index (κ2) is 7.57. The highest BCUT2D eigenvalue weighted by molar-refractivity contribution is 8.14. The Morgan fingerprint density at radius 1 is 1.36 bits per heavy atom. The molecule has 0 aliphatic carbocycles. The number of carbonyl (C=O) groups is 2. The first-order chi connectivity index (χ1) is 12.0. The van der Waals surface area contributed by atoms with Gasteiger partial charge in [0.2, 0.25) is 5.91 Å². The Morgan fingerprint density at radius 3 is 2.80 bits per heavy atom. The average molecular weight is 357 g/mol. The van der Waals surface area contributed by atoms with Gasteiger partial charge in [-0.25, -0.2) is 0 Å². The molecular formula is C18H19N3O3S. The van der Waals surface area contributed by atoms with Gasteiger partial charge in [0.05, 0.1) is 23.7 Å². The fourth-order valence-corrected chi connectivity index (χ4v) is 3.30. The third kappa shape index (κ3) is 4.11. The maximum Gasteiger partial charge on any atom is 0.254 e. The van der Waals surface area contributed by atoms with E-state index in [1.807, 2.05) is 44.2 Å². The first-order valence-electron chi connectivity index (χ1n) is 7.94. The van der Waals surface area contributed by atoms with Crippen LogP contribution in [-0.4, -0.2) is 29.3 Å². The molecule has 0 bridgehead atoms. The van der Waals surface area contributed by atoms with Gasteiger partial charge >= 0.3 is 0 Å². The standard InChI is InChI=1S/C18H19N3O3S/c1-12-5-7-14(8-6-12)21-17(23)10-19-18(21)25-11-16(22)20-13(2)15-4-3-9-24-15/h3-9,13H,10-11H2,1-2H3,(H,20,22)/t13-/m1/s1. The molecule has 0 unspecified atom stereocenters. The molecule has 3 rings (SSSR count). The second-order valence-corrected chi connectivity index (χ2v) is 6.70. The lowest BCUT2D eigenvalue weighted by Gasteiger charge is -2.18. The Labute approximate surface area is 150 Å². The molecule has 0 saturated carbocycles. The summed E-state index contributed by atoms with van der Waals surface area (Å²) >= 11 is 1.25. The number of aliphatic imine (C=N–C) groups is 1.